The van der Waals surface area contributed by atoms with Crippen LogP contribution in [-0.2, 0) is 21.8 Å². The van der Waals surface area contributed by atoms with Crippen molar-refractivity contribution >= 4 is 42.6 Å². The topological polar surface area (TPSA) is 84.7 Å². The van der Waals surface area contributed by atoms with E-state index in [1.54, 1.807) is 23.6 Å². The van der Waals surface area contributed by atoms with Crippen LogP contribution in [0.2, 0.25) is 0 Å². The molecule has 0 aliphatic carbocycles. The number of hydrogen-bond donors (Lipinski definition) is 0. The average Bonchev–Trinajstić information content (AvgIpc) is 3.38. The van der Waals surface area contributed by atoms with E-state index in [1.165, 1.54) is 27.9 Å². The molecule has 0 spiro atoms. The van der Waals surface area contributed by atoms with Crippen LogP contribution in [0, 0.1) is 0 Å². The Balaban J connectivity index is 1.67. The number of carbonyl (C=O) groups excluding carboxylic acids is 1. The summed E-state index contributed by atoms with van der Waals surface area (Å²) >= 11 is 1.42. The zero-order valence-electron chi connectivity index (χ0n) is 17.7. The number of ether oxygens (including phenoxy) is 1. The predicted octanol–water partition coefficient (Wildman–Crippen LogP) is 3.10. The molecule has 10 heteroatoms. The van der Waals surface area contributed by atoms with Gasteiger partial charge in [0.2, 0.25) is 10.0 Å². The molecule has 3 aromatic rings. The Labute approximate surface area is 186 Å². The summed E-state index contributed by atoms with van der Waals surface area (Å²) in [7, 11) is -0.355. The Morgan fingerprint density at radius 1 is 1.23 bits per heavy atom. The maximum Gasteiger partial charge on any atom is 0.276 e. The second kappa shape index (κ2) is 9.07. The molecule has 8 nitrogen and oxygen atoms in total. The van der Waals surface area contributed by atoms with Crippen molar-refractivity contribution in [1.29, 1.82) is 0 Å². The molecule has 166 valence electrons. The number of nitrogens with zero attached hydrogens (tertiary/aromatic N) is 4. The molecule has 0 bridgehead atoms. The van der Waals surface area contributed by atoms with Crippen LogP contribution in [0.5, 0.6) is 0 Å². The third kappa shape index (κ3) is 4.38. The zero-order valence-corrected chi connectivity index (χ0v) is 19.3. The van der Waals surface area contributed by atoms with Crippen LogP contribution in [0.3, 0.4) is 0 Å². The van der Waals surface area contributed by atoms with E-state index in [0.717, 1.165) is 29.5 Å². The van der Waals surface area contributed by atoms with Crippen molar-refractivity contribution in [3.05, 3.63) is 42.2 Å². The molecule has 4 rings (SSSR count). The number of hydrogen-bond acceptors (Lipinski definition) is 6. The van der Waals surface area contributed by atoms with Gasteiger partial charge in [-0.25, -0.2) is 13.4 Å². The number of aromatic nitrogens is 2. The molecular weight excluding hydrogens is 436 g/mol. The van der Waals surface area contributed by atoms with Gasteiger partial charge in [0.05, 0.1) is 23.4 Å². The normalized spacial score (nSPS) is 15.4. The maximum atomic E-state index is 13.5. The SMILES string of the molecule is COCCN(C(=O)c1cc(S(=O)(=O)N2CCCCC2)cn1C)c1nc2ccccc2s1. The van der Waals surface area contributed by atoms with Crippen LogP contribution >= 0.6 is 11.3 Å². The summed E-state index contributed by atoms with van der Waals surface area (Å²) in [6.07, 6.45) is 4.28. The van der Waals surface area contributed by atoms with Gasteiger partial charge >= 0.3 is 0 Å². The van der Waals surface area contributed by atoms with Gasteiger partial charge in [-0.15, -0.1) is 0 Å². The molecular formula is C21H26N4O4S2. The minimum absolute atomic E-state index is 0.149. The molecule has 1 aliphatic heterocycles. The van der Waals surface area contributed by atoms with Crippen LogP contribution in [0.4, 0.5) is 5.13 Å². The number of piperidine rings is 1. The van der Waals surface area contributed by atoms with Crippen LogP contribution < -0.4 is 4.90 Å². The van der Waals surface area contributed by atoms with E-state index in [9.17, 15) is 13.2 Å². The largest absolute Gasteiger partial charge is 0.383 e. The van der Waals surface area contributed by atoms with Crippen molar-refractivity contribution in [3.63, 3.8) is 0 Å². The van der Waals surface area contributed by atoms with E-state index >= 15 is 0 Å². The number of fused-ring (bicyclic) bond motifs is 1. The first-order valence-electron chi connectivity index (χ1n) is 10.2. The summed E-state index contributed by atoms with van der Waals surface area (Å²) in [4.78, 5) is 19.8. The molecule has 1 fully saturated rings. The molecule has 0 radical (unpaired) electrons. The van der Waals surface area contributed by atoms with E-state index in [1.807, 2.05) is 24.3 Å². The number of anilines is 1. The number of methoxy groups -OCH3 is 1. The molecule has 0 atom stereocenters. The lowest BCUT2D eigenvalue weighted by Gasteiger charge is -2.25. The summed E-state index contributed by atoms with van der Waals surface area (Å²) < 4.78 is 35.4. The molecule has 31 heavy (non-hydrogen) atoms. The van der Waals surface area contributed by atoms with E-state index < -0.39 is 10.0 Å². The van der Waals surface area contributed by atoms with Gasteiger partial charge in [-0.1, -0.05) is 29.9 Å². The van der Waals surface area contributed by atoms with Gasteiger partial charge in [0.25, 0.3) is 5.91 Å². The second-order valence-electron chi connectivity index (χ2n) is 7.55. The van der Waals surface area contributed by atoms with Gasteiger partial charge in [0.15, 0.2) is 5.13 Å². The molecule has 0 N–H and O–H groups in total. The average molecular weight is 463 g/mol. The van der Waals surface area contributed by atoms with E-state index in [2.05, 4.69) is 4.98 Å². The lowest BCUT2D eigenvalue weighted by atomic mass is 10.2. The van der Waals surface area contributed by atoms with Gasteiger partial charge in [0.1, 0.15) is 10.6 Å². The van der Waals surface area contributed by atoms with E-state index in [-0.39, 0.29) is 10.8 Å². The molecule has 0 saturated carbocycles. The Morgan fingerprint density at radius 3 is 2.68 bits per heavy atom. The highest BCUT2D eigenvalue weighted by Crippen LogP contribution is 2.30. The van der Waals surface area contributed by atoms with Crippen LogP contribution in [0.15, 0.2) is 41.4 Å². The molecule has 1 aromatic carbocycles. The number of thiazole rings is 1. The van der Waals surface area contributed by atoms with Crippen molar-refractivity contribution in [2.24, 2.45) is 7.05 Å². The van der Waals surface area contributed by atoms with Crippen LogP contribution in [0.25, 0.3) is 10.2 Å². The minimum atomic E-state index is -3.62. The van der Waals surface area contributed by atoms with Gasteiger partial charge in [-0.3, -0.25) is 9.69 Å². The number of rotatable bonds is 7. The predicted molar refractivity (Wildman–Crippen MR) is 121 cm³/mol. The van der Waals surface area contributed by atoms with Crippen molar-refractivity contribution in [1.82, 2.24) is 13.9 Å². The van der Waals surface area contributed by atoms with Crippen LogP contribution in [0.1, 0.15) is 29.8 Å². The third-order valence-corrected chi connectivity index (χ3v) is 8.35. The Bertz CT molecular complexity index is 1150. The first-order chi connectivity index (χ1) is 14.9. The van der Waals surface area contributed by atoms with Gasteiger partial charge in [-0.2, -0.15) is 4.31 Å². The minimum Gasteiger partial charge on any atom is -0.383 e. The summed E-state index contributed by atoms with van der Waals surface area (Å²) in [5.41, 5.74) is 1.11. The first-order valence-corrected chi connectivity index (χ1v) is 12.5. The quantitative estimate of drug-likeness (QED) is 0.539. The monoisotopic (exact) mass is 462 g/mol. The highest BCUT2D eigenvalue weighted by atomic mass is 32.2. The highest BCUT2D eigenvalue weighted by Gasteiger charge is 2.30. The second-order valence-corrected chi connectivity index (χ2v) is 10.5. The molecule has 0 unspecified atom stereocenters. The summed E-state index contributed by atoms with van der Waals surface area (Å²) in [6, 6.07) is 9.17. The lowest BCUT2D eigenvalue weighted by molar-refractivity contribution is 0.0968. The maximum absolute atomic E-state index is 13.5. The van der Waals surface area contributed by atoms with Gasteiger partial charge in [-0.05, 0) is 31.0 Å². The fourth-order valence-corrected chi connectivity index (χ4v) is 6.30. The van der Waals surface area contributed by atoms with Crippen LogP contribution in [-0.4, -0.2) is 61.5 Å². The van der Waals surface area contributed by atoms with Crippen molar-refractivity contribution in [2.45, 2.75) is 24.2 Å². The smallest absolute Gasteiger partial charge is 0.276 e. The number of aryl methyl sites for hydroxylation is 1. The number of carbonyl (C=O) groups is 1. The van der Waals surface area contributed by atoms with E-state index in [0.29, 0.717) is 37.1 Å². The van der Waals surface area contributed by atoms with E-state index in [4.69, 9.17) is 4.74 Å². The molecule has 2 aromatic heterocycles. The zero-order chi connectivity index (χ0) is 22.0. The molecule has 3 heterocycles. The Kier molecular flexibility index (Phi) is 6.42. The first kappa shape index (κ1) is 21.9. The lowest BCUT2D eigenvalue weighted by Crippen LogP contribution is -2.35. The molecule has 1 amide bonds. The van der Waals surface area contributed by atoms with Gasteiger partial charge < -0.3 is 9.30 Å². The summed E-state index contributed by atoms with van der Waals surface area (Å²) in [5.74, 6) is -0.307. The summed E-state index contributed by atoms with van der Waals surface area (Å²) in [5, 5.41) is 0.560. The van der Waals surface area contributed by atoms with Crippen molar-refractivity contribution in [3.8, 4) is 0 Å². The Morgan fingerprint density at radius 2 is 1.97 bits per heavy atom. The number of para-hydroxylation sites is 1. The van der Waals surface area contributed by atoms with Gasteiger partial charge in [0, 0.05) is 33.4 Å². The fourth-order valence-electron chi connectivity index (χ4n) is 3.72. The molecule has 1 aliphatic rings. The Hall–Kier alpha value is -2.27. The van der Waals surface area contributed by atoms with Crippen molar-refractivity contribution in [2.75, 3.05) is 38.3 Å². The van der Waals surface area contributed by atoms with Crippen molar-refractivity contribution < 1.29 is 17.9 Å². The molecule has 1 saturated heterocycles. The highest BCUT2D eigenvalue weighted by molar-refractivity contribution is 7.89. The fraction of sp³-hybridized carbons (Fsp3) is 0.429. The standard InChI is InChI=1S/C21H26N4O4S2/c1-23-15-16(31(27,28)24-10-6-3-7-11-24)14-18(23)20(26)25(12-13-29-2)21-22-17-8-4-5-9-19(17)30-21/h4-5,8-9,14-15H,3,6-7,10-13H2,1-2H3. The third-order valence-electron chi connectivity index (χ3n) is 5.43. The number of sulfonamides is 1. The number of amides is 1. The number of benzene rings is 1. The summed E-state index contributed by atoms with van der Waals surface area (Å²) in [6.45, 7) is 1.69.